The topological polar surface area (TPSA) is 67.8 Å². The lowest BCUT2D eigenvalue weighted by Gasteiger charge is -2.25. The van der Waals surface area contributed by atoms with Crippen LogP contribution in [-0.2, 0) is 14.3 Å². The number of esters is 1. The molecule has 0 aromatic carbocycles. The molecule has 0 spiro atoms. The third-order valence-electron chi connectivity index (χ3n) is 2.45. The smallest absolute Gasteiger partial charge is 0.307 e. The Kier molecular flexibility index (Phi) is 8.12. The quantitative estimate of drug-likeness (QED) is 0.587. The van der Waals surface area contributed by atoms with Gasteiger partial charge in [-0.15, -0.1) is 0 Å². The number of carbonyl (C=O) groups is 1. The maximum Gasteiger partial charge on any atom is 0.307 e. The van der Waals surface area contributed by atoms with E-state index >= 15 is 0 Å². The zero-order valence-electron chi connectivity index (χ0n) is 11.3. The first kappa shape index (κ1) is 16.4. The van der Waals surface area contributed by atoms with Gasteiger partial charge in [0.05, 0.1) is 18.6 Å². The summed E-state index contributed by atoms with van der Waals surface area (Å²) in [7, 11) is 1.60. The molecule has 2 atom stereocenters. The van der Waals surface area contributed by atoms with E-state index in [1.165, 1.54) is 0 Å². The molecular formula is C12H25NO4. The molecule has 0 saturated carbocycles. The van der Waals surface area contributed by atoms with Crippen LogP contribution >= 0.6 is 0 Å². The largest absolute Gasteiger partial charge is 0.466 e. The summed E-state index contributed by atoms with van der Waals surface area (Å²) in [6.45, 7) is 6.76. The normalized spacial score (nSPS) is 16.3. The Morgan fingerprint density at radius 1 is 1.53 bits per heavy atom. The van der Waals surface area contributed by atoms with E-state index in [0.29, 0.717) is 32.6 Å². The van der Waals surface area contributed by atoms with Gasteiger partial charge in [-0.2, -0.15) is 0 Å². The highest BCUT2D eigenvalue weighted by atomic mass is 16.5. The zero-order valence-corrected chi connectivity index (χ0v) is 11.3. The van der Waals surface area contributed by atoms with Gasteiger partial charge >= 0.3 is 5.97 Å². The highest BCUT2D eigenvalue weighted by Gasteiger charge is 2.21. The van der Waals surface area contributed by atoms with E-state index in [1.807, 2.05) is 6.92 Å². The van der Waals surface area contributed by atoms with Crippen molar-refractivity contribution in [3.63, 3.8) is 0 Å². The number of rotatable bonds is 9. The Labute approximate surface area is 103 Å². The van der Waals surface area contributed by atoms with Crippen molar-refractivity contribution in [2.75, 3.05) is 26.9 Å². The number of hydrogen-bond donors (Lipinski definition) is 2. The van der Waals surface area contributed by atoms with Crippen LogP contribution in [0.5, 0.6) is 0 Å². The molecule has 2 N–H and O–H groups in total. The summed E-state index contributed by atoms with van der Waals surface area (Å²) in [6, 6.07) is -0.0110. The fraction of sp³-hybridized carbons (Fsp3) is 0.917. The maximum atomic E-state index is 11.2. The Morgan fingerprint density at radius 2 is 2.18 bits per heavy atom. The summed E-state index contributed by atoms with van der Waals surface area (Å²) >= 11 is 0. The Hall–Kier alpha value is -0.650. The minimum atomic E-state index is -0.821. The van der Waals surface area contributed by atoms with Crippen molar-refractivity contribution in [3.05, 3.63) is 0 Å². The van der Waals surface area contributed by atoms with Crippen LogP contribution < -0.4 is 5.32 Å². The van der Waals surface area contributed by atoms with Gasteiger partial charge in [-0.25, -0.2) is 0 Å². The number of hydrogen-bond acceptors (Lipinski definition) is 5. The van der Waals surface area contributed by atoms with Crippen LogP contribution in [0.15, 0.2) is 0 Å². The van der Waals surface area contributed by atoms with E-state index in [9.17, 15) is 9.90 Å². The Bertz CT molecular complexity index is 219. The van der Waals surface area contributed by atoms with Gasteiger partial charge in [0, 0.05) is 32.7 Å². The highest BCUT2D eigenvalue weighted by molar-refractivity contribution is 5.69. The molecule has 0 aromatic heterocycles. The predicted molar refractivity (Wildman–Crippen MR) is 65.8 cm³/mol. The van der Waals surface area contributed by atoms with E-state index in [4.69, 9.17) is 9.47 Å². The summed E-state index contributed by atoms with van der Waals surface area (Å²) in [5, 5.41) is 13.1. The van der Waals surface area contributed by atoms with Gasteiger partial charge in [-0.3, -0.25) is 4.79 Å². The summed E-state index contributed by atoms with van der Waals surface area (Å²) in [5.41, 5.74) is -0.821. The molecule has 0 heterocycles. The lowest BCUT2D eigenvalue weighted by Crippen LogP contribution is -2.43. The van der Waals surface area contributed by atoms with Gasteiger partial charge < -0.3 is 19.9 Å². The van der Waals surface area contributed by atoms with Crippen molar-refractivity contribution in [3.8, 4) is 0 Å². The number of methoxy groups -OCH3 is 1. The molecule has 102 valence electrons. The average molecular weight is 247 g/mol. The number of aliphatic hydroxyl groups is 1. The molecule has 0 aliphatic heterocycles. The molecule has 0 aromatic rings. The number of nitrogens with one attached hydrogen (secondary N) is 1. The third kappa shape index (κ3) is 9.09. The first-order valence-corrected chi connectivity index (χ1v) is 6.01. The fourth-order valence-electron chi connectivity index (χ4n) is 1.35. The monoisotopic (exact) mass is 247 g/mol. The van der Waals surface area contributed by atoms with Gasteiger partial charge in [-0.1, -0.05) is 0 Å². The van der Waals surface area contributed by atoms with Crippen LogP contribution in [0.1, 0.15) is 33.6 Å². The molecule has 0 rings (SSSR count). The van der Waals surface area contributed by atoms with Gasteiger partial charge in [0.25, 0.3) is 0 Å². The summed E-state index contributed by atoms with van der Waals surface area (Å²) < 4.78 is 9.77. The lowest BCUT2D eigenvalue weighted by atomic mass is 10.0. The molecule has 0 saturated heterocycles. The molecule has 0 amide bonds. The molecule has 0 aliphatic carbocycles. The molecular weight excluding hydrogens is 222 g/mol. The zero-order chi connectivity index (χ0) is 13.3. The van der Waals surface area contributed by atoms with Crippen molar-refractivity contribution in [1.29, 1.82) is 0 Å². The molecule has 5 nitrogen and oxygen atoms in total. The summed E-state index contributed by atoms with van der Waals surface area (Å²) in [6.07, 6.45) is 0.872. The number of ether oxygens (including phenoxy) is 2. The predicted octanol–water partition coefficient (Wildman–Crippen LogP) is 0.705. The van der Waals surface area contributed by atoms with E-state index in [1.54, 1.807) is 21.0 Å². The standard InChI is InChI=1S/C12H25NO4/c1-5-17-11(14)8-10(2)13-9-12(3,15)6-7-16-4/h10,13,15H,5-9H2,1-4H3. The highest BCUT2D eigenvalue weighted by Crippen LogP contribution is 2.08. The summed E-state index contributed by atoms with van der Waals surface area (Å²) in [5.74, 6) is -0.218. The van der Waals surface area contributed by atoms with E-state index in [-0.39, 0.29) is 12.0 Å². The van der Waals surface area contributed by atoms with Gasteiger partial charge in [0.2, 0.25) is 0 Å². The number of carbonyl (C=O) groups excluding carboxylic acids is 1. The molecule has 17 heavy (non-hydrogen) atoms. The van der Waals surface area contributed by atoms with Crippen molar-refractivity contribution in [2.24, 2.45) is 0 Å². The van der Waals surface area contributed by atoms with Crippen molar-refractivity contribution >= 4 is 5.97 Å². The van der Waals surface area contributed by atoms with Crippen LogP contribution in [0.3, 0.4) is 0 Å². The van der Waals surface area contributed by atoms with Crippen LogP contribution in [0, 0.1) is 0 Å². The molecule has 0 fully saturated rings. The minimum absolute atomic E-state index is 0.0110. The Morgan fingerprint density at radius 3 is 2.71 bits per heavy atom. The van der Waals surface area contributed by atoms with Crippen LogP contribution in [0.4, 0.5) is 0 Å². The van der Waals surface area contributed by atoms with Gasteiger partial charge in [-0.05, 0) is 20.8 Å². The molecule has 2 unspecified atom stereocenters. The third-order valence-corrected chi connectivity index (χ3v) is 2.45. The van der Waals surface area contributed by atoms with E-state index in [2.05, 4.69) is 5.32 Å². The average Bonchev–Trinajstić information content (AvgIpc) is 2.24. The van der Waals surface area contributed by atoms with Crippen LogP contribution in [0.25, 0.3) is 0 Å². The summed E-state index contributed by atoms with van der Waals surface area (Å²) in [4.78, 5) is 11.2. The minimum Gasteiger partial charge on any atom is -0.466 e. The van der Waals surface area contributed by atoms with Gasteiger partial charge in [0.1, 0.15) is 0 Å². The van der Waals surface area contributed by atoms with Crippen LogP contribution in [-0.4, -0.2) is 49.6 Å². The maximum absolute atomic E-state index is 11.2. The second-order valence-corrected chi connectivity index (χ2v) is 4.53. The van der Waals surface area contributed by atoms with E-state index < -0.39 is 5.60 Å². The second kappa shape index (κ2) is 8.44. The molecule has 0 bridgehead atoms. The molecule has 0 radical (unpaired) electrons. The second-order valence-electron chi connectivity index (χ2n) is 4.53. The Balaban J connectivity index is 3.81. The SMILES string of the molecule is CCOC(=O)CC(C)NCC(C)(O)CCOC. The van der Waals surface area contributed by atoms with Crippen LogP contribution in [0.2, 0.25) is 0 Å². The lowest BCUT2D eigenvalue weighted by molar-refractivity contribution is -0.143. The van der Waals surface area contributed by atoms with Crippen molar-refractivity contribution in [1.82, 2.24) is 5.32 Å². The first-order valence-electron chi connectivity index (χ1n) is 6.01. The van der Waals surface area contributed by atoms with Crippen molar-refractivity contribution in [2.45, 2.75) is 45.3 Å². The molecule has 0 aliphatic rings. The fourth-order valence-corrected chi connectivity index (χ4v) is 1.35. The molecule has 5 heteroatoms. The van der Waals surface area contributed by atoms with Crippen molar-refractivity contribution < 1.29 is 19.4 Å². The van der Waals surface area contributed by atoms with Gasteiger partial charge in [0.15, 0.2) is 0 Å². The first-order chi connectivity index (χ1) is 7.91. The van der Waals surface area contributed by atoms with E-state index in [0.717, 1.165) is 0 Å².